The van der Waals surface area contributed by atoms with E-state index in [-0.39, 0.29) is 6.04 Å². The number of rotatable bonds is 8. The molecule has 0 aliphatic rings. The number of phenolic OH excluding ortho intramolecular Hbond substituents is 1. The van der Waals surface area contributed by atoms with E-state index in [1.54, 1.807) is 0 Å². The molecule has 0 saturated heterocycles. The number of aryl methyl sites for hydroxylation is 1. The average Bonchev–Trinajstić information content (AvgIpc) is 2.36. The molecular weight excluding hydrogens is 246 g/mol. The van der Waals surface area contributed by atoms with Gasteiger partial charge in [-0.1, -0.05) is 52.2 Å². The molecule has 2 nitrogen and oxygen atoms in total. The highest BCUT2D eigenvalue weighted by Crippen LogP contribution is 2.27. The van der Waals surface area contributed by atoms with Crippen LogP contribution in [0.5, 0.6) is 5.75 Å². The minimum absolute atomic E-state index is 0.182. The van der Waals surface area contributed by atoms with Crippen molar-refractivity contribution in [1.29, 1.82) is 0 Å². The van der Waals surface area contributed by atoms with E-state index < -0.39 is 0 Å². The Kier molecular flexibility index (Phi) is 6.54. The van der Waals surface area contributed by atoms with Gasteiger partial charge < -0.3 is 10.4 Å². The van der Waals surface area contributed by atoms with E-state index in [1.807, 2.05) is 19.1 Å². The number of phenols is 1. The maximum atomic E-state index is 10.0. The lowest BCUT2D eigenvalue weighted by Crippen LogP contribution is -2.31. The summed E-state index contributed by atoms with van der Waals surface area (Å²) in [7, 11) is 0. The summed E-state index contributed by atoms with van der Waals surface area (Å²) in [6.07, 6.45) is 5.14. The summed E-state index contributed by atoms with van der Waals surface area (Å²) in [6, 6.07) is 6.09. The van der Waals surface area contributed by atoms with Gasteiger partial charge in [0.15, 0.2) is 0 Å². The maximum absolute atomic E-state index is 10.0. The molecule has 0 aromatic heterocycles. The van der Waals surface area contributed by atoms with Gasteiger partial charge in [0.1, 0.15) is 5.75 Å². The van der Waals surface area contributed by atoms with E-state index in [9.17, 15) is 5.11 Å². The molecule has 0 saturated carbocycles. The molecule has 0 bridgehead atoms. The van der Waals surface area contributed by atoms with Gasteiger partial charge in [-0.2, -0.15) is 0 Å². The monoisotopic (exact) mass is 277 g/mol. The fourth-order valence-corrected chi connectivity index (χ4v) is 2.50. The molecule has 0 heterocycles. The second kappa shape index (κ2) is 7.68. The van der Waals surface area contributed by atoms with Crippen molar-refractivity contribution in [1.82, 2.24) is 5.32 Å². The molecule has 1 aromatic carbocycles. The molecule has 114 valence electrons. The Morgan fingerprint density at radius 3 is 2.55 bits per heavy atom. The second-order valence-electron chi connectivity index (χ2n) is 6.79. The molecule has 20 heavy (non-hydrogen) atoms. The predicted octanol–water partition coefficient (Wildman–Crippen LogP) is 4.96. The minimum Gasteiger partial charge on any atom is -0.508 e. The van der Waals surface area contributed by atoms with Gasteiger partial charge >= 0.3 is 0 Å². The molecular formula is C18H31NO. The Hall–Kier alpha value is -1.02. The number of aromatic hydroxyl groups is 1. The summed E-state index contributed by atoms with van der Waals surface area (Å²) in [5.74, 6) is 0.397. The van der Waals surface area contributed by atoms with Crippen LogP contribution in [-0.2, 0) is 0 Å². The molecule has 0 aliphatic carbocycles. The lowest BCUT2D eigenvalue weighted by molar-refractivity contribution is 0.289. The molecule has 1 aromatic rings. The third kappa shape index (κ3) is 5.54. The zero-order chi connectivity index (χ0) is 15.2. The largest absolute Gasteiger partial charge is 0.508 e. The van der Waals surface area contributed by atoms with E-state index in [0.29, 0.717) is 11.2 Å². The predicted molar refractivity (Wildman–Crippen MR) is 87.2 cm³/mol. The van der Waals surface area contributed by atoms with E-state index >= 15 is 0 Å². The first-order chi connectivity index (χ1) is 9.35. The van der Waals surface area contributed by atoms with Crippen LogP contribution >= 0.6 is 0 Å². The quantitative estimate of drug-likeness (QED) is 0.658. The Balaban J connectivity index is 2.51. The van der Waals surface area contributed by atoms with E-state index in [1.165, 1.54) is 25.7 Å². The Morgan fingerprint density at radius 2 is 1.95 bits per heavy atom. The fourth-order valence-electron chi connectivity index (χ4n) is 2.50. The normalized spacial score (nSPS) is 13.4. The van der Waals surface area contributed by atoms with Crippen LogP contribution in [-0.4, -0.2) is 11.7 Å². The van der Waals surface area contributed by atoms with Gasteiger partial charge in [0.25, 0.3) is 0 Å². The Bertz CT molecular complexity index is 412. The molecule has 0 spiro atoms. The van der Waals surface area contributed by atoms with Gasteiger partial charge in [-0.3, -0.25) is 0 Å². The van der Waals surface area contributed by atoms with Crippen molar-refractivity contribution in [3.8, 4) is 5.75 Å². The smallest absolute Gasteiger partial charge is 0.120 e. The van der Waals surface area contributed by atoms with Gasteiger partial charge in [0.2, 0.25) is 0 Å². The average molecular weight is 277 g/mol. The Labute approximate surface area is 124 Å². The summed E-state index contributed by atoms with van der Waals surface area (Å²) < 4.78 is 0. The first-order valence-corrected chi connectivity index (χ1v) is 7.88. The number of unbranched alkanes of at least 4 members (excludes halogenated alkanes) is 2. The van der Waals surface area contributed by atoms with Crippen molar-refractivity contribution in [3.05, 3.63) is 29.3 Å². The molecule has 0 aliphatic heterocycles. The van der Waals surface area contributed by atoms with Gasteiger partial charge in [-0.05, 0) is 37.3 Å². The van der Waals surface area contributed by atoms with Gasteiger partial charge in [-0.25, -0.2) is 0 Å². The highest BCUT2D eigenvalue weighted by Gasteiger charge is 2.19. The van der Waals surface area contributed by atoms with Crippen LogP contribution in [0.3, 0.4) is 0 Å². The first-order valence-electron chi connectivity index (χ1n) is 7.88. The summed E-state index contributed by atoms with van der Waals surface area (Å²) in [5.41, 5.74) is 2.39. The first kappa shape index (κ1) is 17.0. The number of nitrogens with one attached hydrogen (secondary N) is 1. The molecule has 2 N–H and O–H groups in total. The minimum atomic E-state index is 0.182. The van der Waals surface area contributed by atoms with Crippen molar-refractivity contribution in [2.45, 2.75) is 66.3 Å². The number of hydrogen-bond acceptors (Lipinski definition) is 2. The summed E-state index contributed by atoms with van der Waals surface area (Å²) in [5, 5.41) is 13.6. The van der Waals surface area contributed by atoms with Crippen molar-refractivity contribution >= 4 is 0 Å². The van der Waals surface area contributed by atoms with Crippen LogP contribution in [0.25, 0.3) is 0 Å². The number of hydrogen-bond donors (Lipinski definition) is 2. The second-order valence-corrected chi connectivity index (χ2v) is 6.79. The van der Waals surface area contributed by atoms with Crippen LogP contribution in [0, 0.1) is 12.3 Å². The van der Waals surface area contributed by atoms with Crippen molar-refractivity contribution < 1.29 is 5.11 Å². The van der Waals surface area contributed by atoms with E-state index in [4.69, 9.17) is 0 Å². The molecule has 1 atom stereocenters. The Morgan fingerprint density at radius 1 is 1.25 bits per heavy atom. The molecule has 1 rings (SSSR count). The highest BCUT2D eigenvalue weighted by molar-refractivity contribution is 5.37. The lowest BCUT2D eigenvalue weighted by atomic mass is 9.86. The fraction of sp³-hybridized carbons (Fsp3) is 0.667. The molecule has 0 radical (unpaired) electrons. The van der Waals surface area contributed by atoms with Crippen molar-refractivity contribution in [3.63, 3.8) is 0 Å². The van der Waals surface area contributed by atoms with Gasteiger partial charge in [0, 0.05) is 18.2 Å². The molecule has 0 fully saturated rings. The van der Waals surface area contributed by atoms with Crippen LogP contribution < -0.4 is 5.32 Å². The van der Waals surface area contributed by atoms with Crippen molar-refractivity contribution in [2.75, 3.05) is 6.54 Å². The summed E-state index contributed by atoms with van der Waals surface area (Å²) in [6.45, 7) is 12.0. The van der Waals surface area contributed by atoms with Crippen LogP contribution in [0.1, 0.15) is 70.5 Å². The van der Waals surface area contributed by atoms with Crippen LogP contribution in [0.4, 0.5) is 0 Å². The molecule has 2 heteroatoms. The zero-order valence-corrected chi connectivity index (χ0v) is 13.8. The summed E-state index contributed by atoms with van der Waals surface area (Å²) in [4.78, 5) is 0. The third-order valence-electron chi connectivity index (χ3n) is 4.00. The SMILES string of the molecule is CCCCCC(C)(C)CNC(C)c1ccc(C)cc1O. The van der Waals surface area contributed by atoms with Gasteiger partial charge in [0.05, 0.1) is 0 Å². The van der Waals surface area contributed by atoms with E-state index in [2.05, 4.69) is 39.1 Å². The number of benzene rings is 1. The zero-order valence-electron chi connectivity index (χ0n) is 13.8. The van der Waals surface area contributed by atoms with Crippen molar-refractivity contribution in [2.24, 2.45) is 5.41 Å². The van der Waals surface area contributed by atoms with Crippen LogP contribution in [0.2, 0.25) is 0 Å². The van der Waals surface area contributed by atoms with Gasteiger partial charge in [-0.15, -0.1) is 0 Å². The maximum Gasteiger partial charge on any atom is 0.120 e. The van der Waals surface area contributed by atoms with E-state index in [0.717, 1.165) is 17.7 Å². The topological polar surface area (TPSA) is 32.3 Å². The van der Waals surface area contributed by atoms with Crippen LogP contribution in [0.15, 0.2) is 18.2 Å². The highest BCUT2D eigenvalue weighted by atomic mass is 16.3. The standard InChI is InChI=1S/C18H31NO/c1-6-7-8-11-18(4,5)13-19-15(3)16-10-9-14(2)12-17(16)20/h9-10,12,15,19-20H,6-8,11,13H2,1-5H3. The molecule has 1 unspecified atom stereocenters. The third-order valence-corrected chi connectivity index (χ3v) is 4.00. The summed E-state index contributed by atoms with van der Waals surface area (Å²) >= 11 is 0. The lowest BCUT2D eigenvalue weighted by Gasteiger charge is -2.27. The molecule has 0 amide bonds.